The molecule has 33 heavy (non-hydrogen) atoms. The number of halogens is 2. The fraction of sp³-hybridized carbons (Fsp3) is 0.680. The van der Waals surface area contributed by atoms with Crippen LogP contribution in [0.25, 0.3) is 0 Å². The molecular weight excluding hydrogens is 479 g/mol. The van der Waals surface area contributed by atoms with E-state index in [1.807, 2.05) is 0 Å². The fourth-order valence-electron chi connectivity index (χ4n) is 3.37. The van der Waals surface area contributed by atoms with Crippen LogP contribution in [-0.4, -0.2) is 30.5 Å². The van der Waals surface area contributed by atoms with Crippen molar-refractivity contribution in [1.82, 2.24) is 0 Å². The van der Waals surface area contributed by atoms with Gasteiger partial charge in [-0.1, -0.05) is 115 Å². The van der Waals surface area contributed by atoms with Crippen molar-refractivity contribution in [3.05, 3.63) is 24.3 Å². The van der Waals surface area contributed by atoms with Gasteiger partial charge in [0.25, 0.3) is 0 Å². The van der Waals surface area contributed by atoms with Gasteiger partial charge in [-0.2, -0.15) is 0 Å². The molecule has 0 saturated heterocycles. The van der Waals surface area contributed by atoms with Crippen molar-refractivity contribution in [2.24, 2.45) is 10.4 Å². The highest BCUT2D eigenvalue weighted by Crippen LogP contribution is 2.31. The van der Waals surface area contributed by atoms with E-state index >= 15 is 0 Å². The molecule has 5 nitrogen and oxygen atoms in total. The lowest BCUT2D eigenvalue weighted by atomic mass is 9.89. The van der Waals surface area contributed by atoms with Gasteiger partial charge in [-0.05, 0) is 24.6 Å². The second-order valence-electron chi connectivity index (χ2n) is 9.61. The largest absolute Gasteiger partial charge is 0.295 e. The third-order valence-electron chi connectivity index (χ3n) is 5.25. The number of unbranched alkanes of at least 4 members (excludes halogenated alkanes) is 9. The highest BCUT2D eigenvalue weighted by Gasteiger charge is 2.39. The molecular formula is C25H40Cl2N2O3S. The van der Waals surface area contributed by atoms with Crippen molar-refractivity contribution < 1.29 is 13.2 Å². The normalized spacial score (nSPS) is 12.9. The minimum Gasteiger partial charge on any atom is -0.295 e. The van der Waals surface area contributed by atoms with Crippen LogP contribution in [0.4, 0.5) is 11.4 Å². The number of aliphatic imine (C=N–C) groups is 1. The standard InChI is InChI=1S/C25H40Cl2N2O3S/c1-5-6-7-8-9-10-11-12-13-14-18-33(31,32)29-22-17-15-16-21(19-22)28-20-25(26,27)23(30)24(2,3)4/h15-17,19-20,29H,5-14,18H2,1-4H3. The molecule has 1 N–H and O–H groups in total. The number of benzene rings is 1. The van der Waals surface area contributed by atoms with Crippen LogP contribution in [0.2, 0.25) is 0 Å². The Morgan fingerprint density at radius 2 is 1.52 bits per heavy atom. The minimum absolute atomic E-state index is 0.0869. The number of hydrogen-bond acceptors (Lipinski definition) is 4. The molecule has 0 atom stereocenters. The lowest BCUT2D eigenvalue weighted by Gasteiger charge is -2.23. The predicted octanol–water partition coefficient (Wildman–Crippen LogP) is 7.84. The van der Waals surface area contributed by atoms with Gasteiger partial charge in [0, 0.05) is 11.6 Å². The summed E-state index contributed by atoms with van der Waals surface area (Å²) in [6, 6.07) is 6.60. The van der Waals surface area contributed by atoms with Gasteiger partial charge in [0.15, 0.2) is 5.78 Å². The van der Waals surface area contributed by atoms with Crippen LogP contribution < -0.4 is 4.72 Å². The number of nitrogens with one attached hydrogen (secondary N) is 1. The van der Waals surface area contributed by atoms with Crippen LogP contribution in [0.3, 0.4) is 0 Å². The van der Waals surface area contributed by atoms with Crippen LogP contribution in [-0.2, 0) is 14.8 Å². The Morgan fingerprint density at radius 1 is 0.970 bits per heavy atom. The first-order valence-electron chi connectivity index (χ1n) is 12.0. The first-order valence-corrected chi connectivity index (χ1v) is 14.4. The third-order valence-corrected chi connectivity index (χ3v) is 7.16. The molecule has 1 aromatic rings. The summed E-state index contributed by atoms with van der Waals surface area (Å²) in [5, 5.41) is 0. The molecule has 0 heterocycles. The van der Waals surface area contributed by atoms with Crippen LogP contribution in [0.15, 0.2) is 29.3 Å². The highest BCUT2D eigenvalue weighted by atomic mass is 35.5. The van der Waals surface area contributed by atoms with Crippen LogP contribution >= 0.6 is 23.2 Å². The third kappa shape index (κ3) is 12.8. The summed E-state index contributed by atoms with van der Waals surface area (Å²) in [6.45, 7) is 7.41. The molecule has 8 heteroatoms. The first-order chi connectivity index (χ1) is 15.4. The molecule has 0 unspecified atom stereocenters. The molecule has 0 aliphatic carbocycles. The molecule has 0 fully saturated rings. The maximum absolute atomic E-state index is 12.4. The topological polar surface area (TPSA) is 75.6 Å². The van der Waals surface area contributed by atoms with E-state index in [0.717, 1.165) is 12.8 Å². The fourth-order valence-corrected chi connectivity index (χ4v) is 5.21. The molecule has 0 amide bonds. The summed E-state index contributed by atoms with van der Waals surface area (Å²) in [4.78, 5) is 16.5. The van der Waals surface area contributed by atoms with Gasteiger partial charge in [0.2, 0.25) is 14.4 Å². The number of nitrogens with zero attached hydrogens (tertiary/aromatic N) is 1. The summed E-state index contributed by atoms with van der Waals surface area (Å²) in [5.74, 6) is -0.278. The van der Waals surface area contributed by atoms with E-state index in [9.17, 15) is 13.2 Å². The summed E-state index contributed by atoms with van der Waals surface area (Å²) in [6.07, 6.45) is 12.7. The van der Waals surface area contributed by atoms with Crippen molar-refractivity contribution in [3.63, 3.8) is 0 Å². The average Bonchev–Trinajstić information content (AvgIpc) is 2.72. The summed E-state index contributed by atoms with van der Waals surface area (Å²) in [7, 11) is -3.44. The van der Waals surface area contributed by atoms with Gasteiger partial charge in [-0.25, -0.2) is 8.42 Å². The molecule has 0 spiro atoms. The minimum atomic E-state index is -3.44. The number of rotatable bonds is 16. The van der Waals surface area contributed by atoms with E-state index in [-0.39, 0.29) is 11.5 Å². The Kier molecular flexibility index (Phi) is 13.0. The number of ketones is 1. The highest BCUT2D eigenvalue weighted by molar-refractivity contribution is 7.92. The second-order valence-corrected chi connectivity index (χ2v) is 12.8. The van der Waals surface area contributed by atoms with Crippen molar-refractivity contribution in [2.45, 2.75) is 96.2 Å². The van der Waals surface area contributed by atoms with E-state index in [1.54, 1.807) is 45.0 Å². The van der Waals surface area contributed by atoms with Gasteiger partial charge < -0.3 is 0 Å². The lowest BCUT2D eigenvalue weighted by molar-refractivity contribution is -0.125. The second kappa shape index (κ2) is 14.3. The molecule has 0 radical (unpaired) electrons. The average molecular weight is 520 g/mol. The molecule has 0 aliphatic rings. The number of sulfonamides is 1. The van der Waals surface area contributed by atoms with Gasteiger partial charge in [0.1, 0.15) is 0 Å². The Balaban J connectivity index is 2.49. The molecule has 0 bridgehead atoms. The Morgan fingerprint density at radius 3 is 2.06 bits per heavy atom. The van der Waals surface area contributed by atoms with Crippen molar-refractivity contribution >= 4 is 56.6 Å². The number of carbonyl (C=O) groups excluding carboxylic acids is 1. The van der Waals surface area contributed by atoms with Gasteiger partial charge >= 0.3 is 0 Å². The van der Waals surface area contributed by atoms with E-state index in [2.05, 4.69) is 16.6 Å². The van der Waals surface area contributed by atoms with Crippen molar-refractivity contribution in [3.8, 4) is 0 Å². The van der Waals surface area contributed by atoms with E-state index in [4.69, 9.17) is 23.2 Å². The zero-order chi connectivity index (χ0) is 25.0. The van der Waals surface area contributed by atoms with Gasteiger partial charge in [-0.15, -0.1) is 0 Å². The molecule has 188 valence electrons. The molecule has 0 aromatic heterocycles. The zero-order valence-electron chi connectivity index (χ0n) is 20.5. The molecule has 1 aromatic carbocycles. The van der Waals surface area contributed by atoms with E-state index in [0.29, 0.717) is 17.8 Å². The number of hydrogen-bond donors (Lipinski definition) is 1. The number of alkyl halides is 2. The SMILES string of the molecule is CCCCCCCCCCCCS(=O)(=O)Nc1cccc(N=CC(Cl)(Cl)C(=O)C(C)(C)C)c1. The monoisotopic (exact) mass is 518 g/mol. The molecule has 0 saturated carbocycles. The summed E-state index contributed by atoms with van der Waals surface area (Å²) < 4.78 is 25.7. The Bertz CT molecular complexity index is 863. The summed E-state index contributed by atoms with van der Waals surface area (Å²) in [5.41, 5.74) is 0.136. The number of anilines is 1. The smallest absolute Gasteiger partial charge is 0.232 e. The zero-order valence-corrected chi connectivity index (χ0v) is 22.8. The first kappa shape index (κ1) is 29.9. The van der Waals surface area contributed by atoms with Gasteiger partial charge in [0.05, 0.1) is 17.1 Å². The maximum Gasteiger partial charge on any atom is 0.232 e. The Hall–Kier alpha value is -1.11. The molecule has 0 aliphatic heterocycles. The van der Waals surface area contributed by atoms with Gasteiger partial charge in [-0.3, -0.25) is 14.5 Å². The maximum atomic E-state index is 12.4. The predicted molar refractivity (Wildman–Crippen MR) is 143 cm³/mol. The number of Topliss-reactive ketones (excluding diaryl/α,β-unsaturated/α-hetero) is 1. The lowest BCUT2D eigenvalue weighted by Crippen LogP contribution is -2.37. The van der Waals surface area contributed by atoms with E-state index in [1.165, 1.54) is 51.2 Å². The van der Waals surface area contributed by atoms with Crippen molar-refractivity contribution in [2.75, 3.05) is 10.5 Å². The van der Waals surface area contributed by atoms with Crippen molar-refractivity contribution in [1.29, 1.82) is 0 Å². The van der Waals surface area contributed by atoms with Crippen LogP contribution in [0, 0.1) is 5.41 Å². The van der Waals surface area contributed by atoms with Crippen LogP contribution in [0.1, 0.15) is 91.9 Å². The Labute approximate surface area is 210 Å². The molecule has 1 rings (SSSR count). The number of carbonyl (C=O) groups is 1. The summed E-state index contributed by atoms with van der Waals surface area (Å²) >= 11 is 12.3. The van der Waals surface area contributed by atoms with E-state index < -0.39 is 19.8 Å². The van der Waals surface area contributed by atoms with Crippen LogP contribution in [0.5, 0.6) is 0 Å². The quantitative estimate of drug-likeness (QED) is 0.137.